The quantitative estimate of drug-likeness (QED) is 0.683. The van der Waals surface area contributed by atoms with Crippen molar-refractivity contribution in [1.29, 1.82) is 0 Å². The Balaban J connectivity index is 1.74. The molecule has 1 aromatic heterocycles. The highest BCUT2D eigenvalue weighted by Gasteiger charge is 2.14. The van der Waals surface area contributed by atoms with Crippen LogP contribution in [0.2, 0.25) is 0 Å². The van der Waals surface area contributed by atoms with Crippen LogP contribution in [0.5, 0.6) is 11.5 Å². The molecule has 124 valence electrons. The molecule has 0 atom stereocenters. The Morgan fingerprint density at radius 3 is 2.58 bits per heavy atom. The Morgan fingerprint density at radius 2 is 1.88 bits per heavy atom. The second-order valence-corrected chi connectivity index (χ2v) is 5.85. The minimum Gasteiger partial charge on any atom is -0.497 e. The van der Waals surface area contributed by atoms with Gasteiger partial charge in [0.15, 0.2) is 0 Å². The van der Waals surface area contributed by atoms with Gasteiger partial charge in [-0.2, -0.15) is 4.98 Å². The van der Waals surface area contributed by atoms with Gasteiger partial charge < -0.3 is 19.3 Å². The van der Waals surface area contributed by atoms with Crippen LogP contribution in [-0.4, -0.2) is 24.4 Å². The standard InChI is InChI=1S/C17H16BrN3O3/c1-22-13-7-8-14(15(9-13)23-2)17-20-16(24-21-17)10-19-12-5-3-11(18)4-6-12/h3-9,19H,10H2,1-2H3. The molecule has 0 aliphatic rings. The average molecular weight is 390 g/mol. The molecule has 1 heterocycles. The maximum absolute atomic E-state index is 5.37. The number of methoxy groups -OCH3 is 2. The number of nitrogens with zero attached hydrogens (tertiary/aromatic N) is 2. The first-order valence-electron chi connectivity index (χ1n) is 7.24. The number of hydrogen-bond donors (Lipinski definition) is 1. The molecule has 0 aliphatic heterocycles. The third kappa shape index (κ3) is 3.68. The van der Waals surface area contributed by atoms with Crippen LogP contribution in [0, 0.1) is 0 Å². The smallest absolute Gasteiger partial charge is 0.246 e. The lowest BCUT2D eigenvalue weighted by Crippen LogP contribution is -1.99. The largest absolute Gasteiger partial charge is 0.497 e. The summed E-state index contributed by atoms with van der Waals surface area (Å²) in [5.74, 6) is 2.30. The van der Waals surface area contributed by atoms with Crippen LogP contribution in [0.1, 0.15) is 5.89 Å². The zero-order valence-electron chi connectivity index (χ0n) is 13.2. The molecule has 3 rings (SSSR count). The van der Waals surface area contributed by atoms with E-state index >= 15 is 0 Å². The number of halogens is 1. The van der Waals surface area contributed by atoms with E-state index in [0.29, 0.717) is 29.8 Å². The Labute approximate surface area is 147 Å². The Bertz CT molecular complexity index is 818. The first-order chi connectivity index (χ1) is 11.7. The summed E-state index contributed by atoms with van der Waals surface area (Å²) in [6.07, 6.45) is 0. The van der Waals surface area contributed by atoms with Crippen molar-refractivity contribution in [1.82, 2.24) is 10.1 Å². The topological polar surface area (TPSA) is 69.4 Å². The highest BCUT2D eigenvalue weighted by atomic mass is 79.9. The van der Waals surface area contributed by atoms with Crippen molar-refractivity contribution in [3.05, 3.63) is 52.8 Å². The molecular weight excluding hydrogens is 374 g/mol. The van der Waals surface area contributed by atoms with Crippen molar-refractivity contribution in [3.63, 3.8) is 0 Å². The summed E-state index contributed by atoms with van der Waals surface area (Å²) < 4.78 is 16.9. The van der Waals surface area contributed by atoms with Crippen LogP contribution in [0.25, 0.3) is 11.4 Å². The highest BCUT2D eigenvalue weighted by Crippen LogP contribution is 2.31. The molecule has 0 bridgehead atoms. The minimum atomic E-state index is 0.438. The normalized spacial score (nSPS) is 10.5. The van der Waals surface area contributed by atoms with E-state index in [9.17, 15) is 0 Å². The van der Waals surface area contributed by atoms with Crippen LogP contribution in [-0.2, 0) is 6.54 Å². The number of hydrogen-bond acceptors (Lipinski definition) is 6. The summed E-state index contributed by atoms with van der Waals surface area (Å²) in [6, 6.07) is 13.3. The summed E-state index contributed by atoms with van der Waals surface area (Å²) in [6.45, 7) is 0.438. The zero-order valence-corrected chi connectivity index (χ0v) is 14.8. The maximum Gasteiger partial charge on any atom is 0.246 e. The monoisotopic (exact) mass is 389 g/mol. The number of ether oxygens (including phenoxy) is 2. The molecule has 3 aromatic rings. The van der Waals surface area contributed by atoms with Crippen molar-refractivity contribution in [2.24, 2.45) is 0 Å². The van der Waals surface area contributed by atoms with Crippen molar-refractivity contribution in [2.45, 2.75) is 6.54 Å². The number of benzene rings is 2. The van der Waals surface area contributed by atoms with Gasteiger partial charge in [0.2, 0.25) is 11.7 Å². The first kappa shape index (κ1) is 16.3. The summed E-state index contributed by atoms with van der Waals surface area (Å²) in [7, 11) is 3.20. The van der Waals surface area contributed by atoms with Gasteiger partial charge in [0.05, 0.1) is 26.3 Å². The SMILES string of the molecule is COc1ccc(-c2noc(CNc3ccc(Br)cc3)n2)c(OC)c1. The molecule has 6 nitrogen and oxygen atoms in total. The molecule has 0 saturated carbocycles. The Kier molecular flexibility index (Phi) is 5.00. The molecule has 1 N–H and O–H groups in total. The van der Waals surface area contributed by atoms with E-state index in [4.69, 9.17) is 14.0 Å². The molecule has 7 heteroatoms. The Hall–Kier alpha value is -2.54. The zero-order chi connectivity index (χ0) is 16.9. The van der Waals surface area contributed by atoms with Gasteiger partial charge in [-0.1, -0.05) is 21.1 Å². The maximum atomic E-state index is 5.37. The molecule has 24 heavy (non-hydrogen) atoms. The van der Waals surface area contributed by atoms with E-state index in [1.54, 1.807) is 20.3 Å². The van der Waals surface area contributed by atoms with Gasteiger partial charge in [0.25, 0.3) is 0 Å². The van der Waals surface area contributed by atoms with E-state index < -0.39 is 0 Å². The lowest BCUT2D eigenvalue weighted by atomic mass is 10.2. The Morgan fingerprint density at radius 1 is 1.08 bits per heavy atom. The number of anilines is 1. The molecule has 0 saturated heterocycles. The summed E-state index contributed by atoms with van der Waals surface area (Å²) >= 11 is 3.41. The number of rotatable bonds is 6. The molecule has 0 fully saturated rings. The predicted octanol–water partition coefficient (Wildman–Crippen LogP) is 4.13. The molecule has 0 spiro atoms. The van der Waals surface area contributed by atoms with Crippen molar-refractivity contribution in [3.8, 4) is 22.9 Å². The highest BCUT2D eigenvalue weighted by molar-refractivity contribution is 9.10. The van der Waals surface area contributed by atoms with E-state index in [1.807, 2.05) is 36.4 Å². The van der Waals surface area contributed by atoms with Gasteiger partial charge in [0.1, 0.15) is 11.5 Å². The third-order valence-electron chi connectivity index (χ3n) is 3.41. The third-order valence-corrected chi connectivity index (χ3v) is 3.93. The van der Waals surface area contributed by atoms with Crippen LogP contribution >= 0.6 is 15.9 Å². The van der Waals surface area contributed by atoms with E-state index in [2.05, 4.69) is 31.4 Å². The number of nitrogens with one attached hydrogen (secondary N) is 1. The lowest BCUT2D eigenvalue weighted by molar-refractivity contribution is 0.382. The van der Waals surface area contributed by atoms with Crippen LogP contribution < -0.4 is 14.8 Å². The van der Waals surface area contributed by atoms with Gasteiger partial charge in [-0.3, -0.25) is 0 Å². The van der Waals surface area contributed by atoms with E-state index in [0.717, 1.165) is 15.7 Å². The van der Waals surface area contributed by atoms with Gasteiger partial charge in [0, 0.05) is 16.2 Å². The fourth-order valence-corrected chi connectivity index (χ4v) is 2.43. The van der Waals surface area contributed by atoms with Gasteiger partial charge in [-0.15, -0.1) is 0 Å². The molecule has 0 aliphatic carbocycles. The van der Waals surface area contributed by atoms with Gasteiger partial charge in [-0.25, -0.2) is 0 Å². The fraction of sp³-hybridized carbons (Fsp3) is 0.176. The summed E-state index contributed by atoms with van der Waals surface area (Å²) in [5.41, 5.74) is 1.72. The van der Waals surface area contributed by atoms with Crippen LogP contribution in [0.15, 0.2) is 51.5 Å². The fourth-order valence-electron chi connectivity index (χ4n) is 2.16. The molecule has 2 aromatic carbocycles. The summed E-state index contributed by atoms with van der Waals surface area (Å²) in [4.78, 5) is 4.41. The number of aromatic nitrogens is 2. The van der Waals surface area contributed by atoms with E-state index in [-0.39, 0.29) is 0 Å². The van der Waals surface area contributed by atoms with Crippen molar-refractivity contribution < 1.29 is 14.0 Å². The lowest BCUT2D eigenvalue weighted by Gasteiger charge is -2.07. The predicted molar refractivity (Wildman–Crippen MR) is 94.3 cm³/mol. The van der Waals surface area contributed by atoms with E-state index in [1.165, 1.54) is 0 Å². The van der Waals surface area contributed by atoms with Crippen LogP contribution in [0.4, 0.5) is 5.69 Å². The molecule has 0 unspecified atom stereocenters. The van der Waals surface area contributed by atoms with Crippen LogP contribution in [0.3, 0.4) is 0 Å². The van der Waals surface area contributed by atoms with Gasteiger partial charge >= 0.3 is 0 Å². The molecular formula is C17H16BrN3O3. The molecule has 0 amide bonds. The van der Waals surface area contributed by atoms with Crippen molar-refractivity contribution in [2.75, 3.05) is 19.5 Å². The average Bonchev–Trinajstić information content (AvgIpc) is 3.09. The first-order valence-corrected chi connectivity index (χ1v) is 8.03. The minimum absolute atomic E-state index is 0.438. The second-order valence-electron chi connectivity index (χ2n) is 4.94. The van der Waals surface area contributed by atoms with Gasteiger partial charge in [-0.05, 0) is 36.4 Å². The van der Waals surface area contributed by atoms with Crippen molar-refractivity contribution >= 4 is 21.6 Å². The second kappa shape index (κ2) is 7.35. The molecule has 0 radical (unpaired) electrons. The summed E-state index contributed by atoms with van der Waals surface area (Å²) in [5, 5.41) is 7.25.